The van der Waals surface area contributed by atoms with Crippen LogP contribution in [0.25, 0.3) is 0 Å². The molecule has 10 nitrogen and oxygen atoms in total. The predicted octanol–water partition coefficient (Wildman–Crippen LogP) is 3.34. The Morgan fingerprint density at radius 3 is 1.22 bits per heavy atom. The fourth-order valence-corrected chi connectivity index (χ4v) is 8.86. The van der Waals surface area contributed by atoms with Gasteiger partial charge in [0.05, 0.1) is 50.6 Å². The number of nitrogens with zero attached hydrogens (tertiary/aromatic N) is 2. The molecule has 0 saturated heterocycles. The number of hydrogen-bond donors (Lipinski definition) is 4. The van der Waals surface area contributed by atoms with Gasteiger partial charge in [-0.25, -0.2) is 9.59 Å². The minimum atomic E-state index is -0.743. The molecule has 0 atom stereocenters. The Balaban J connectivity index is 1.58. The first-order chi connectivity index (χ1) is 15.2. The zero-order valence-electron chi connectivity index (χ0n) is 16.1. The summed E-state index contributed by atoms with van der Waals surface area (Å²) in [6.07, 6.45) is 0. The van der Waals surface area contributed by atoms with Crippen LogP contribution in [0.4, 0.5) is 9.59 Å². The molecule has 32 heavy (non-hydrogen) atoms. The molecule has 0 unspecified atom stereocenters. The van der Waals surface area contributed by atoms with Crippen LogP contribution in [0.3, 0.4) is 0 Å². The Kier molecular flexibility index (Phi) is 4.92. The summed E-state index contributed by atoms with van der Waals surface area (Å²) in [6, 6.07) is -1.49. The highest BCUT2D eigenvalue weighted by atomic mass is 32.2. The number of carbonyl (C=O) groups is 4. The summed E-state index contributed by atoms with van der Waals surface area (Å²) in [5, 5.41) is 26.1. The van der Waals surface area contributed by atoms with Gasteiger partial charge >= 0.3 is 12.1 Å². The second-order valence-corrected chi connectivity index (χ2v) is 11.3. The van der Waals surface area contributed by atoms with E-state index in [0.29, 0.717) is 28.1 Å². The average molecular weight is 507 g/mol. The number of aromatic hydroxyl groups is 2. The Labute approximate surface area is 196 Å². The highest BCUT2D eigenvalue weighted by Crippen LogP contribution is 2.67. The number of carbonyl (C=O) groups excluding carboxylic acids is 4. The standard InChI is InChI=1S/C18H10N4O6S4/c1-3-5(13(25)21-17(27)19-3)15-29-9-7(23)11-12(8(24)10(9)30-15)32-16(31-11)6-4(2)20-18(28)22-14(6)26/h23-24H,1-2H3,(H,21,25,27)(H,22,26,28). The van der Waals surface area contributed by atoms with E-state index in [1.54, 1.807) is 0 Å². The van der Waals surface area contributed by atoms with Crippen molar-refractivity contribution in [1.82, 2.24) is 10.6 Å². The number of phenols is 2. The monoisotopic (exact) mass is 506 g/mol. The van der Waals surface area contributed by atoms with Crippen molar-refractivity contribution in [3.05, 3.63) is 19.6 Å². The molecule has 4 heterocycles. The summed E-state index contributed by atoms with van der Waals surface area (Å²) in [4.78, 5) is 56.5. The maximum absolute atomic E-state index is 12.3. The fourth-order valence-electron chi connectivity index (χ4n) is 3.23. The van der Waals surface area contributed by atoms with Crippen LogP contribution in [0, 0.1) is 0 Å². The third-order valence-corrected chi connectivity index (χ3v) is 9.84. The van der Waals surface area contributed by atoms with Crippen molar-refractivity contribution in [2.75, 3.05) is 0 Å². The third-order valence-electron chi connectivity index (χ3n) is 4.62. The van der Waals surface area contributed by atoms with Crippen molar-refractivity contribution < 1.29 is 29.4 Å². The number of benzene rings is 1. The number of phenolic OH excluding ortho intramolecular Hbond substituents is 2. The summed E-state index contributed by atoms with van der Waals surface area (Å²) in [5.41, 5.74) is 0.898. The van der Waals surface area contributed by atoms with E-state index >= 15 is 0 Å². The van der Waals surface area contributed by atoms with Gasteiger partial charge in [-0.1, -0.05) is 47.0 Å². The van der Waals surface area contributed by atoms with Crippen LogP contribution >= 0.6 is 47.0 Å². The van der Waals surface area contributed by atoms with Crippen molar-refractivity contribution in [2.24, 2.45) is 9.98 Å². The fraction of sp³-hybridized carbons (Fsp3) is 0.111. The molecule has 0 bridgehead atoms. The van der Waals surface area contributed by atoms with Crippen molar-refractivity contribution in [1.29, 1.82) is 0 Å². The molecule has 0 saturated carbocycles. The molecule has 4 aliphatic rings. The number of urea groups is 2. The van der Waals surface area contributed by atoms with E-state index in [2.05, 4.69) is 20.6 Å². The molecule has 4 N–H and O–H groups in total. The van der Waals surface area contributed by atoms with E-state index in [9.17, 15) is 29.4 Å². The number of hydrogen-bond acceptors (Lipinski definition) is 10. The molecule has 1 aromatic rings. The second-order valence-electron chi connectivity index (χ2n) is 6.66. The lowest BCUT2D eigenvalue weighted by Crippen LogP contribution is -2.36. The average Bonchev–Trinajstić information content (AvgIpc) is 3.30. The Morgan fingerprint density at radius 2 is 0.938 bits per heavy atom. The minimum Gasteiger partial charge on any atom is -0.505 e. The van der Waals surface area contributed by atoms with E-state index in [4.69, 9.17) is 0 Å². The van der Waals surface area contributed by atoms with Crippen molar-refractivity contribution >= 4 is 82.3 Å². The SMILES string of the molecule is CC1=NC(=O)NC(=O)C1=C1Sc2c(O)c3c(c(O)c2S1)SC(=C1C(=O)NC(=O)N=C1C)S3. The third kappa shape index (κ3) is 3.17. The van der Waals surface area contributed by atoms with E-state index in [1.165, 1.54) is 13.8 Å². The molecule has 1 aromatic carbocycles. The molecule has 0 fully saturated rings. The number of rotatable bonds is 0. The molecule has 0 aliphatic carbocycles. The quantitative estimate of drug-likeness (QED) is 0.304. The molecule has 162 valence electrons. The van der Waals surface area contributed by atoms with Crippen molar-refractivity contribution in [3.63, 3.8) is 0 Å². The highest BCUT2D eigenvalue weighted by Gasteiger charge is 2.39. The first-order valence-electron chi connectivity index (χ1n) is 8.79. The lowest BCUT2D eigenvalue weighted by atomic mass is 10.1. The van der Waals surface area contributed by atoms with Crippen molar-refractivity contribution in [3.8, 4) is 11.5 Å². The van der Waals surface area contributed by atoms with Crippen LogP contribution in [0.2, 0.25) is 0 Å². The van der Waals surface area contributed by atoms with Gasteiger partial charge in [0, 0.05) is 0 Å². The molecule has 0 aromatic heterocycles. The normalized spacial score (nSPS) is 20.2. The number of aliphatic imine (C=N–C) groups is 2. The van der Waals surface area contributed by atoms with E-state index < -0.39 is 23.9 Å². The second kappa shape index (κ2) is 7.43. The van der Waals surface area contributed by atoms with Gasteiger partial charge < -0.3 is 10.2 Å². The van der Waals surface area contributed by atoms with Gasteiger partial charge in [0.15, 0.2) is 0 Å². The van der Waals surface area contributed by atoms with Gasteiger partial charge in [-0.15, -0.1) is 0 Å². The Hall–Kier alpha value is -2.68. The highest BCUT2D eigenvalue weighted by molar-refractivity contribution is 8.26. The van der Waals surface area contributed by atoms with E-state index in [1.807, 2.05) is 0 Å². The van der Waals surface area contributed by atoms with Gasteiger partial charge in [0.2, 0.25) is 0 Å². The predicted molar refractivity (Wildman–Crippen MR) is 121 cm³/mol. The molecule has 14 heteroatoms. The number of amides is 6. The first-order valence-corrected chi connectivity index (χ1v) is 12.1. The van der Waals surface area contributed by atoms with E-state index in [-0.39, 0.29) is 34.1 Å². The van der Waals surface area contributed by atoms with Gasteiger partial charge in [-0.2, -0.15) is 9.98 Å². The maximum Gasteiger partial charge on any atom is 0.348 e. The lowest BCUT2D eigenvalue weighted by Gasteiger charge is -2.13. The van der Waals surface area contributed by atoms with Crippen molar-refractivity contribution in [2.45, 2.75) is 33.4 Å². The lowest BCUT2D eigenvalue weighted by molar-refractivity contribution is -0.116. The number of thioether (sulfide) groups is 4. The van der Waals surface area contributed by atoms with Crippen LogP contribution < -0.4 is 10.6 Å². The maximum atomic E-state index is 12.3. The van der Waals surface area contributed by atoms with Gasteiger partial charge in [0.25, 0.3) is 11.8 Å². The van der Waals surface area contributed by atoms with E-state index in [0.717, 1.165) is 47.0 Å². The van der Waals surface area contributed by atoms with Gasteiger partial charge in [0.1, 0.15) is 11.5 Å². The van der Waals surface area contributed by atoms with Crippen LogP contribution in [-0.4, -0.2) is 45.5 Å². The molecule has 4 aliphatic heterocycles. The Bertz CT molecular complexity index is 1200. The molecular weight excluding hydrogens is 496 g/mol. The number of imide groups is 2. The Morgan fingerprint density at radius 1 is 0.625 bits per heavy atom. The van der Waals surface area contributed by atoms with Crippen LogP contribution in [0.1, 0.15) is 13.8 Å². The molecule has 0 spiro atoms. The largest absolute Gasteiger partial charge is 0.505 e. The van der Waals surface area contributed by atoms with Gasteiger partial charge in [-0.3, -0.25) is 20.2 Å². The first kappa shape index (κ1) is 21.2. The van der Waals surface area contributed by atoms with Crippen LogP contribution in [-0.2, 0) is 9.59 Å². The smallest absolute Gasteiger partial charge is 0.348 e. The molecular formula is C18H10N4O6S4. The summed E-state index contributed by atoms with van der Waals surface area (Å²) in [5.74, 6) is -1.39. The summed E-state index contributed by atoms with van der Waals surface area (Å²) in [7, 11) is 0. The molecule has 6 amide bonds. The summed E-state index contributed by atoms with van der Waals surface area (Å²) >= 11 is 4.36. The summed E-state index contributed by atoms with van der Waals surface area (Å²) in [6.45, 7) is 3.08. The summed E-state index contributed by atoms with van der Waals surface area (Å²) < 4.78 is 0.949. The molecule has 0 radical (unpaired) electrons. The minimum absolute atomic E-state index is 0.0993. The topological polar surface area (TPSA) is 158 Å². The van der Waals surface area contributed by atoms with Crippen LogP contribution in [0.15, 0.2) is 49.2 Å². The number of fused-ring (bicyclic) bond motifs is 2. The molecule has 5 rings (SSSR count). The van der Waals surface area contributed by atoms with Gasteiger partial charge in [-0.05, 0) is 13.8 Å². The zero-order chi connectivity index (χ0) is 22.9. The zero-order valence-corrected chi connectivity index (χ0v) is 19.3. The number of nitrogens with one attached hydrogen (secondary N) is 2. The van der Waals surface area contributed by atoms with Crippen LogP contribution in [0.5, 0.6) is 11.5 Å².